The summed E-state index contributed by atoms with van der Waals surface area (Å²) in [5.74, 6) is -0.272. The van der Waals surface area contributed by atoms with Gasteiger partial charge in [0.1, 0.15) is 0 Å². The quantitative estimate of drug-likeness (QED) is 0.509. The van der Waals surface area contributed by atoms with Crippen LogP contribution in [-0.2, 0) is 25.8 Å². The second-order valence-electron chi connectivity index (χ2n) is 6.44. The predicted octanol–water partition coefficient (Wildman–Crippen LogP) is 4.14. The van der Waals surface area contributed by atoms with Crippen molar-refractivity contribution in [2.75, 3.05) is 11.3 Å². The van der Waals surface area contributed by atoms with Crippen LogP contribution in [0.15, 0.2) is 53.4 Å². The summed E-state index contributed by atoms with van der Waals surface area (Å²) in [4.78, 5) is 0.0945. The maximum Gasteiger partial charge on any atom is 0.240 e. The standard InChI is InChI=1S/C19H25ClN2O4S2/c1-2-3-4-7-14-21-28(25,26)18-12-10-17(11-13-18)22-27(23,24)15-16-8-5-6-9-19(16)20/h5-6,8-13,21-22H,2-4,7,14-15H2,1H3. The van der Waals surface area contributed by atoms with Crippen LogP contribution in [0.1, 0.15) is 38.2 Å². The molecule has 0 aliphatic heterocycles. The third kappa shape index (κ3) is 7.09. The molecule has 0 atom stereocenters. The highest BCUT2D eigenvalue weighted by Gasteiger charge is 2.16. The van der Waals surface area contributed by atoms with E-state index in [4.69, 9.17) is 11.6 Å². The summed E-state index contributed by atoms with van der Waals surface area (Å²) >= 11 is 6.01. The highest BCUT2D eigenvalue weighted by Crippen LogP contribution is 2.20. The molecular weight excluding hydrogens is 420 g/mol. The van der Waals surface area contributed by atoms with Crippen molar-refractivity contribution in [1.82, 2.24) is 4.72 Å². The Morgan fingerprint density at radius 1 is 0.893 bits per heavy atom. The van der Waals surface area contributed by atoms with E-state index in [1.807, 2.05) is 0 Å². The molecule has 0 saturated heterocycles. The second kappa shape index (κ2) is 10.2. The lowest BCUT2D eigenvalue weighted by atomic mass is 10.2. The van der Waals surface area contributed by atoms with Crippen molar-refractivity contribution >= 4 is 37.3 Å². The van der Waals surface area contributed by atoms with Gasteiger partial charge in [0.05, 0.1) is 10.6 Å². The topological polar surface area (TPSA) is 92.3 Å². The summed E-state index contributed by atoms with van der Waals surface area (Å²) in [7, 11) is -7.29. The van der Waals surface area contributed by atoms with Crippen molar-refractivity contribution in [2.24, 2.45) is 0 Å². The van der Waals surface area contributed by atoms with E-state index in [1.54, 1.807) is 24.3 Å². The fourth-order valence-electron chi connectivity index (χ4n) is 2.58. The zero-order chi connectivity index (χ0) is 20.6. The highest BCUT2D eigenvalue weighted by atomic mass is 35.5. The SMILES string of the molecule is CCCCCCNS(=O)(=O)c1ccc(NS(=O)(=O)Cc2ccccc2Cl)cc1. The molecule has 0 aromatic heterocycles. The Morgan fingerprint density at radius 3 is 2.21 bits per heavy atom. The molecule has 2 rings (SSSR count). The zero-order valence-electron chi connectivity index (χ0n) is 15.7. The lowest BCUT2D eigenvalue weighted by Gasteiger charge is -2.10. The molecule has 0 spiro atoms. The van der Waals surface area contributed by atoms with E-state index >= 15 is 0 Å². The van der Waals surface area contributed by atoms with Gasteiger partial charge in [-0.15, -0.1) is 0 Å². The molecule has 154 valence electrons. The first-order valence-corrected chi connectivity index (χ1v) is 12.6. The van der Waals surface area contributed by atoms with Gasteiger partial charge in [-0.25, -0.2) is 21.6 Å². The molecule has 0 heterocycles. The maximum atomic E-state index is 12.3. The zero-order valence-corrected chi connectivity index (χ0v) is 18.1. The van der Waals surface area contributed by atoms with Gasteiger partial charge in [-0.3, -0.25) is 4.72 Å². The number of benzene rings is 2. The number of halogens is 1. The fraction of sp³-hybridized carbons (Fsp3) is 0.368. The van der Waals surface area contributed by atoms with Crippen LogP contribution in [0.25, 0.3) is 0 Å². The monoisotopic (exact) mass is 444 g/mol. The van der Waals surface area contributed by atoms with Gasteiger partial charge in [0.25, 0.3) is 0 Å². The Balaban J connectivity index is 1.99. The summed E-state index contributed by atoms with van der Waals surface area (Å²) in [6, 6.07) is 12.3. The van der Waals surface area contributed by atoms with Gasteiger partial charge in [0, 0.05) is 17.3 Å². The predicted molar refractivity (Wildman–Crippen MR) is 113 cm³/mol. The molecule has 0 radical (unpaired) electrons. The van der Waals surface area contributed by atoms with Crippen molar-refractivity contribution in [3.8, 4) is 0 Å². The van der Waals surface area contributed by atoms with Crippen LogP contribution >= 0.6 is 11.6 Å². The molecular formula is C19H25ClN2O4S2. The first-order valence-electron chi connectivity index (χ1n) is 9.07. The normalized spacial score (nSPS) is 12.1. The Hall–Kier alpha value is -1.61. The molecule has 0 unspecified atom stereocenters. The minimum atomic E-state index is -3.68. The summed E-state index contributed by atoms with van der Waals surface area (Å²) in [5.41, 5.74) is 0.775. The lowest BCUT2D eigenvalue weighted by Crippen LogP contribution is -2.24. The van der Waals surface area contributed by atoms with Crippen LogP contribution < -0.4 is 9.44 Å². The number of unbranched alkanes of at least 4 members (excludes halogenated alkanes) is 3. The van der Waals surface area contributed by atoms with E-state index in [9.17, 15) is 16.8 Å². The Bertz CT molecular complexity index is 975. The molecule has 0 fully saturated rings. The van der Waals surface area contributed by atoms with E-state index in [-0.39, 0.29) is 16.3 Å². The van der Waals surface area contributed by atoms with Crippen LogP contribution in [0.2, 0.25) is 5.02 Å². The van der Waals surface area contributed by atoms with Gasteiger partial charge in [-0.2, -0.15) is 0 Å². The summed E-state index contributed by atoms with van der Waals surface area (Å²) in [6.45, 7) is 2.48. The number of nitrogens with one attached hydrogen (secondary N) is 2. The molecule has 6 nitrogen and oxygen atoms in total. The largest absolute Gasteiger partial charge is 0.283 e. The fourth-order valence-corrected chi connectivity index (χ4v) is 5.16. The van der Waals surface area contributed by atoms with E-state index < -0.39 is 20.0 Å². The molecule has 28 heavy (non-hydrogen) atoms. The molecule has 2 aromatic rings. The van der Waals surface area contributed by atoms with E-state index in [0.717, 1.165) is 25.7 Å². The van der Waals surface area contributed by atoms with Gasteiger partial charge in [0.2, 0.25) is 20.0 Å². The van der Waals surface area contributed by atoms with Gasteiger partial charge < -0.3 is 0 Å². The van der Waals surface area contributed by atoms with Crippen LogP contribution in [0.5, 0.6) is 0 Å². The number of hydrogen-bond donors (Lipinski definition) is 2. The molecule has 0 amide bonds. The number of sulfonamides is 2. The Morgan fingerprint density at radius 2 is 1.57 bits per heavy atom. The van der Waals surface area contributed by atoms with Crippen molar-refractivity contribution in [1.29, 1.82) is 0 Å². The Labute approximate surface area is 172 Å². The third-order valence-electron chi connectivity index (χ3n) is 4.06. The lowest BCUT2D eigenvalue weighted by molar-refractivity contribution is 0.573. The molecule has 0 saturated carbocycles. The van der Waals surface area contributed by atoms with E-state index in [2.05, 4.69) is 16.4 Å². The van der Waals surface area contributed by atoms with Crippen LogP contribution in [0.3, 0.4) is 0 Å². The molecule has 9 heteroatoms. The molecule has 0 aliphatic carbocycles. The average molecular weight is 445 g/mol. The minimum Gasteiger partial charge on any atom is -0.283 e. The summed E-state index contributed by atoms with van der Waals surface area (Å²) < 4.78 is 54.2. The van der Waals surface area contributed by atoms with Crippen molar-refractivity contribution < 1.29 is 16.8 Å². The van der Waals surface area contributed by atoms with Gasteiger partial charge >= 0.3 is 0 Å². The minimum absolute atomic E-state index is 0.0945. The van der Waals surface area contributed by atoms with Gasteiger partial charge in [-0.05, 0) is 42.3 Å². The summed E-state index contributed by atoms with van der Waals surface area (Å²) in [6.07, 6.45) is 3.92. The molecule has 0 bridgehead atoms. The third-order valence-corrected chi connectivity index (χ3v) is 7.15. The first kappa shape index (κ1) is 22.7. The summed E-state index contributed by atoms with van der Waals surface area (Å²) in [5, 5.41) is 0.374. The smallest absolute Gasteiger partial charge is 0.240 e. The van der Waals surface area contributed by atoms with Crippen molar-refractivity contribution in [3.05, 3.63) is 59.1 Å². The molecule has 2 N–H and O–H groups in total. The second-order valence-corrected chi connectivity index (χ2v) is 10.3. The first-order chi connectivity index (χ1) is 13.2. The highest BCUT2D eigenvalue weighted by molar-refractivity contribution is 7.92. The average Bonchev–Trinajstić information content (AvgIpc) is 2.63. The maximum absolute atomic E-state index is 12.3. The number of hydrogen-bond acceptors (Lipinski definition) is 4. The van der Waals surface area contributed by atoms with E-state index in [1.165, 1.54) is 24.3 Å². The van der Waals surface area contributed by atoms with Gasteiger partial charge in [-0.1, -0.05) is 56.0 Å². The van der Waals surface area contributed by atoms with Crippen LogP contribution in [0.4, 0.5) is 5.69 Å². The van der Waals surface area contributed by atoms with Crippen LogP contribution in [-0.4, -0.2) is 23.4 Å². The van der Waals surface area contributed by atoms with Gasteiger partial charge in [0.15, 0.2) is 0 Å². The number of rotatable bonds is 11. The molecule has 2 aromatic carbocycles. The molecule has 0 aliphatic rings. The van der Waals surface area contributed by atoms with Crippen molar-refractivity contribution in [2.45, 2.75) is 43.3 Å². The van der Waals surface area contributed by atoms with Crippen LogP contribution in [0, 0.1) is 0 Å². The Kier molecular flexibility index (Phi) is 8.30. The van der Waals surface area contributed by atoms with E-state index in [0.29, 0.717) is 17.1 Å². The van der Waals surface area contributed by atoms with Crippen molar-refractivity contribution in [3.63, 3.8) is 0 Å². The number of anilines is 1.